The van der Waals surface area contributed by atoms with Gasteiger partial charge < -0.3 is 4.43 Å². The van der Waals surface area contributed by atoms with E-state index in [9.17, 15) is 0 Å². The number of hydrogen-bond donors (Lipinski definition) is 0. The molecule has 0 spiro atoms. The summed E-state index contributed by atoms with van der Waals surface area (Å²) in [6, 6.07) is 0. The van der Waals surface area contributed by atoms with Gasteiger partial charge in [-0.15, -0.1) is 0 Å². The van der Waals surface area contributed by atoms with Gasteiger partial charge in [0.15, 0.2) is 8.32 Å². The van der Waals surface area contributed by atoms with Crippen LogP contribution in [0.15, 0.2) is 23.6 Å². The van der Waals surface area contributed by atoms with Crippen molar-refractivity contribution < 1.29 is 4.43 Å². The second kappa shape index (κ2) is 7.21. The van der Waals surface area contributed by atoms with Gasteiger partial charge in [0.2, 0.25) is 0 Å². The molecule has 2 rings (SSSR count). The Hall–Kier alpha value is -1.18. The summed E-state index contributed by atoms with van der Waals surface area (Å²) >= 11 is 3.52. The van der Waals surface area contributed by atoms with E-state index in [0.717, 1.165) is 33.5 Å². The van der Waals surface area contributed by atoms with Crippen LogP contribution in [0.25, 0.3) is 5.57 Å². The van der Waals surface area contributed by atoms with Crippen LogP contribution in [-0.4, -0.2) is 27.9 Å². The van der Waals surface area contributed by atoms with Crippen molar-refractivity contribution in [1.82, 2.24) is 19.6 Å². The molecule has 0 atom stereocenters. The first kappa shape index (κ1) is 20.1. The minimum Gasteiger partial charge on any atom is -0.411 e. The Morgan fingerprint density at radius 1 is 1.24 bits per heavy atom. The van der Waals surface area contributed by atoms with Crippen LogP contribution in [0.5, 0.6) is 0 Å². The Kier molecular flexibility index (Phi) is 5.80. The van der Waals surface area contributed by atoms with Crippen molar-refractivity contribution in [3.8, 4) is 0 Å². The Bertz CT molecular complexity index is 771. The van der Waals surface area contributed by atoms with Crippen LogP contribution in [0.4, 0.5) is 0 Å². The molecular weight excluding hydrogens is 396 g/mol. The molecule has 2 heterocycles. The fourth-order valence-electron chi connectivity index (χ4n) is 2.26. The van der Waals surface area contributed by atoms with Gasteiger partial charge in [0, 0.05) is 37.1 Å². The summed E-state index contributed by atoms with van der Waals surface area (Å²) < 4.78 is 10.9. The highest BCUT2D eigenvalue weighted by Crippen LogP contribution is 2.37. The average Bonchev–Trinajstić information content (AvgIpc) is 3.06. The van der Waals surface area contributed by atoms with E-state index in [2.05, 4.69) is 68.4 Å². The lowest BCUT2D eigenvalue weighted by molar-refractivity contribution is 0.270. The van der Waals surface area contributed by atoms with Gasteiger partial charge in [-0.2, -0.15) is 10.2 Å². The number of hydrogen-bond acceptors (Lipinski definition) is 3. The van der Waals surface area contributed by atoms with Gasteiger partial charge in [-0.25, -0.2) is 0 Å². The van der Waals surface area contributed by atoms with E-state index >= 15 is 0 Å². The maximum Gasteiger partial charge on any atom is 0.192 e. The maximum absolute atomic E-state index is 6.39. The fraction of sp³-hybridized carbons (Fsp3) is 0.556. The van der Waals surface area contributed by atoms with Crippen molar-refractivity contribution in [3.63, 3.8) is 0 Å². The van der Waals surface area contributed by atoms with Crippen LogP contribution in [0.2, 0.25) is 18.1 Å². The zero-order chi connectivity index (χ0) is 19.0. The molecule has 0 saturated carbocycles. The standard InChI is InChI=1S/C18H29BrN4OSi/c1-9-23-11-14(13(2)15-10-22(6)21-17(15)19)16(20-23)12-24-25(7,8)18(3,4)5/h10-11H,2,9,12H2,1,3-8H3. The largest absolute Gasteiger partial charge is 0.411 e. The van der Waals surface area contributed by atoms with Crippen LogP contribution < -0.4 is 0 Å². The Morgan fingerprint density at radius 2 is 1.88 bits per heavy atom. The van der Waals surface area contributed by atoms with Gasteiger partial charge in [0.1, 0.15) is 4.60 Å². The molecule has 0 saturated heterocycles. The van der Waals surface area contributed by atoms with Crippen molar-refractivity contribution >= 4 is 29.8 Å². The normalized spacial score (nSPS) is 12.6. The first-order valence-corrected chi connectivity index (χ1v) is 12.3. The van der Waals surface area contributed by atoms with E-state index in [-0.39, 0.29) is 5.04 Å². The molecule has 0 aliphatic carbocycles. The molecule has 0 aliphatic heterocycles. The minimum atomic E-state index is -1.84. The molecule has 7 heteroatoms. The van der Waals surface area contributed by atoms with E-state index in [1.165, 1.54) is 0 Å². The molecule has 0 bridgehead atoms. The van der Waals surface area contributed by atoms with Crippen molar-refractivity contribution in [3.05, 3.63) is 40.4 Å². The Labute approximate surface area is 160 Å². The van der Waals surface area contributed by atoms with Crippen LogP contribution in [0, 0.1) is 0 Å². The molecule has 138 valence electrons. The monoisotopic (exact) mass is 424 g/mol. The predicted molar refractivity (Wildman–Crippen MR) is 109 cm³/mol. The first-order chi connectivity index (χ1) is 11.5. The number of nitrogens with zero attached hydrogens (tertiary/aromatic N) is 4. The van der Waals surface area contributed by atoms with Crippen molar-refractivity contribution in [2.45, 2.75) is 59.0 Å². The third-order valence-electron chi connectivity index (χ3n) is 4.97. The molecule has 0 N–H and O–H groups in total. The SMILES string of the molecule is C=C(c1cn(C)nc1Br)c1cn(CC)nc1CO[Si](C)(C)C(C)(C)C. The molecule has 0 amide bonds. The Balaban J connectivity index is 2.32. The molecule has 5 nitrogen and oxygen atoms in total. The third kappa shape index (κ3) is 4.32. The zero-order valence-corrected chi connectivity index (χ0v) is 18.9. The summed E-state index contributed by atoms with van der Waals surface area (Å²) in [6.45, 7) is 19.0. The van der Waals surface area contributed by atoms with Crippen molar-refractivity contribution in [2.75, 3.05) is 0 Å². The topological polar surface area (TPSA) is 44.9 Å². The average molecular weight is 425 g/mol. The van der Waals surface area contributed by atoms with Crippen LogP contribution in [-0.2, 0) is 24.6 Å². The summed E-state index contributed by atoms with van der Waals surface area (Å²) in [6.07, 6.45) is 4.01. The molecule has 2 aromatic rings. The quantitative estimate of drug-likeness (QED) is 0.613. The van der Waals surface area contributed by atoms with E-state index < -0.39 is 8.32 Å². The third-order valence-corrected chi connectivity index (χ3v) is 10.0. The van der Waals surface area contributed by atoms with E-state index in [1.54, 1.807) is 4.68 Å². The molecule has 0 radical (unpaired) electrons. The minimum absolute atomic E-state index is 0.171. The van der Waals surface area contributed by atoms with Gasteiger partial charge >= 0.3 is 0 Å². The summed E-state index contributed by atoms with van der Waals surface area (Å²) in [7, 11) is 0.0642. The summed E-state index contributed by atoms with van der Waals surface area (Å²) in [5.41, 5.74) is 3.85. The molecule has 0 aromatic carbocycles. The highest BCUT2D eigenvalue weighted by molar-refractivity contribution is 9.10. The summed E-state index contributed by atoms with van der Waals surface area (Å²) in [5.74, 6) is 0. The Morgan fingerprint density at radius 3 is 2.36 bits per heavy atom. The second-order valence-electron chi connectivity index (χ2n) is 7.88. The highest BCUT2D eigenvalue weighted by Gasteiger charge is 2.37. The highest BCUT2D eigenvalue weighted by atomic mass is 79.9. The lowest BCUT2D eigenvalue weighted by Crippen LogP contribution is -2.40. The van der Waals surface area contributed by atoms with Gasteiger partial charge in [-0.3, -0.25) is 9.36 Å². The number of aryl methyl sites for hydroxylation is 2. The zero-order valence-electron chi connectivity index (χ0n) is 16.4. The van der Waals surface area contributed by atoms with Crippen molar-refractivity contribution in [2.24, 2.45) is 7.05 Å². The van der Waals surface area contributed by atoms with E-state index in [1.807, 2.05) is 24.1 Å². The summed E-state index contributed by atoms with van der Waals surface area (Å²) in [4.78, 5) is 0. The molecule has 0 aliphatic rings. The first-order valence-electron chi connectivity index (χ1n) is 8.55. The molecule has 0 fully saturated rings. The summed E-state index contributed by atoms with van der Waals surface area (Å²) in [5, 5.41) is 9.23. The maximum atomic E-state index is 6.39. The lowest BCUT2D eigenvalue weighted by Gasteiger charge is -2.36. The van der Waals surface area contributed by atoms with Gasteiger partial charge in [0.05, 0.1) is 12.3 Å². The second-order valence-corrected chi connectivity index (χ2v) is 13.4. The predicted octanol–water partition coefficient (Wildman–Crippen LogP) is 4.98. The number of aromatic nitrogens is 4. The van der Waals surface area contributed by atoms with Gasteiger partial charge in [-0.1, -0.05) is 27.4 Å². The van der Waals surface area contributed by atoms with Crippen LogP contribution in [0.1, 0.15) is 44.5 Å². The fourth-order valence-corrected chi connectivity index (χ4v) is 3.78. The number of rotatable bonds is 6. The van der Waals surface area contributed by atoms with Crippen LogP contribution >= 0.6 is 15.9 Å². The molecular formula is C18H29BrN4OSi. The van der Waals surface area contributed by atoms with Gasteiger partial charge in [-0.05, 0) is 46.6 Å². The smallest absolute Gasteiger partial charge is 0.192 e. The lowest BCUT2D eigenvalue weighted by atomic mass is 10.0. The number of halogens is 1. The molecule has 25 heavy (non-hydrogen) atoms. The molecule has 2 aromatic heterocycles. The van der Waals surface area contributed by atoms with Crippen molar-refractivity contribution in [1.29, 1.82) is 0 Å². The van der Waals surface area contributed by atoms with Crippen LogP contribution in [0.3, 0.4) is 0 Å². The van der Waals surface area contributed by atoms with Gasteiger partial charge in [0.25, 0.3) is 0 Å². The van der Waals surface area contributed by atoms with E-state index in [0.29, 0.717) is 6.61 Å². The van der Waals surface area contributed by atoms with E-state index in [4.69, 9.17) is 9.52 Å². The molecule has 0 unspecified atom stereocenters.